The van der Waals surface area contributed by atoms with Crippen molar-refractivity contribution in [2.75, 3.05) is 5.32 Å². The SMILES string of the molecule is CC(=O)Nc1cc(/N=N/c2nc3ccccc3s2)ccc1O. The zero-order valence-electron chi connectivity index (χ0n) is 11.6. The smallest absolute Gasteiger partial charge is 0.231 e. The van der Waals surface area contributed by atoms with Gasteiger partial charge in [0.2, 0.25) is 11.0 Å². The molecule has 0 radical (unpaired) electrons. The fourth-order valence-corrected chi connectivity index (χ4v) is 2.67. The number of phenols is 1. The first-order chi connectivity index (χ1) is 10.6. The number of hydrogen-bond donors (Lipinski definition) is 2. The second kappa shape index (κ2) is 5.90. The molecule has 2 aromatic carbocycles. The lowest BCUT2D eigenvalue weighted by Gasteiger charge is -2.04. The van der Waals surface area contributed by atoms with Crippen LogP contribution in [0.1, 0.15) is 6.92 Å². The van der Waals surface area contributed by atoms with Crippen molar-refractivity contribution < 1.29 is 9.90 Å². The van der Waals surface area contributed by atoms with Crippen molar-refractivity contribution in [1.29, 1.82) is 0 Å². The van der Waals surface area contributed by atoms with E-state index in [1.165, 1.54) is 24.3 Å². The summed E-state index contributed by atoms with van der Waals surface area (Å²) in [5.74, 6) is -0.287. The van der Waals surface area contributed by atoms with Gasteiger partial charge in [-0.15, -0.1) is 10.2 Å². The molecule has 0 spiro atoms. The lowest BCUT2D eigenvalue weighted by molar-refractivity contribution is -0.114. The van der Waals surface area contributed by atoms with Crippen molar-refractivity contribution in [2.24, 2.45) is 10.2 Å². The number of aromatic nitrogens is 1. The van der Waals surface area contributed by atoms with E-state index >= 15 is 0 Å². The number of amides is 1. The zero-order valence-corrected chi connectivity index (χ0v) is 12.5. The molecule has 0 aliphatic carbocycles. The van der Waals surface area contributed by atoms with Gasteiger partial charge in [-0.2, -0.15) is 0 Å². The molecule has 0 bridgehead atoms. The molecule has 0 aliphatic rings. The Labute approximate surface area is 130 Å². The first-order valence-electron chi connectivity index (χ1n) is 6.50. The topological polar surface area (TPSA) is 86.9 Å². The number of rotatable bonds is 3. The predicted octanol–water partition coefficient (Wildman–Crippen LogP) is 4.38. The van der Waals surface area contributed by atoms with E-state index in [1.54, 1.807) is 12.1 Å². The highest BCUT2D eigenvalue weighted by Gasteiger charge is 2.05. The van der Waals surface area contributed by atoms with Gasteiger partial charge in [0, 0.05) is 6.92 Å². The molecule has 22 heavy (non-hydrogen) atoms. The van der Waals surface area contributed by atoms with Crippen molar-refractivity contribution in [1.82, 2.24) is 4.98 Å². The number of para-hydroxylation sites is 1. The van der Waals surface area contributed by atoms with E-state index in [9.17, 15) is 9.90 Å². The Morgan fingerprint density at radius 3 is 2.82 bits per heavy atom. The number of nitrogens with one attached hydrogen (secondary N) is 1. The van der Waals surface area contributed by atoms with Crippen LogP contribution in [0.2, 0.25) is 0 Å². The van der Waals surface area contributed by atoms with Crippen LogP contribution in [0.3, 0.4) is 0 Å². The number of carbonyl (C=O) groups is 1. The van der Waals surface area contributed by atoms with E-state index in [-0.39, 0.29) is 11.7 Å². The minimum atomic E-state index is -0.268. The molecule has 6 nitrogen and oxygen atoms in total. The summed E-state index contributed by atoms with van der Waals surface area (Å²) < 4.78 is 1.04. The maximum absolute atomic E-state index is 11.1. The average Bonchev–Trinajstić information content (AvgIpc) is 2.90. The van der Waals surface area contributed by atoms with Crippen molar-refractivity contribution in [2.45, 2.75) is 6.92 Å². The summed E-state index contributed by atoms with van der Waals surface area (Å²) in [5, 5.41) is 20.9. The van der Waals surface area contributed by atoms with E-state index in [0.717, 1.165) is 10.2 Å². The van der Waals surface area contributed by atoms with Gasteiger partial charge in [-0.05, 0) is 30.3 Å². The van der Waals surface area contributed by atoms with Gasteiger partial charge in [0.05, 0.1) is 21.6 Å². The molecular weight excluding hydrogens is 300 g/mol. The second-order valence-corrected chi connectivity index (χ2v) is 5.56. The van der Waals surface area contributed by atoms with E-state index in [4.69, 9.17) is 0 Å². The molecule has 0 saturated heterocycles. The van der Waals surface area contributed by atoms with E-state index in [1.807, 2.05) is 24.3 Å². The summed E-state index contributed by atoms with van der Waals surface area (Å²) in [5.41, 5.74) is 1.69. The average molecular weight is 312 g/mol. The Bertz CT molecular complexity index is 840. The number of fused-ring (bicyclic) bond motifs is 1. The standard InChI is InChI=1S/C15H12N4O2S/c1-9(20)16-12-8-10(6-7-13(12)21)18-19-15-17-11-4-2-3-5-14(11)22-15/h2-8,21H,1H3,(H,16,20)/b19-18+. The summed E-state index contributed by atoms with van der Waals surface area (Å²) in [6.07, 6.45) is 0. The summed E-state index contributed by atoms with van der Waals surface area (Å²) in [7, 11) is 0. The number of hydrogen-bond acceptors (Lipinski definition) is 6. The number of phenolic OH excluding ortho intramolecular Hbond substituents is 1. The molecule has 3 aromatic rings. The van der Waals surface area contributed by atoms with Crippen molar-refractivity contribution >= 4 is 44.0 Å². The summed E-state index contributed by atoms with van der Waals surface area (Å²) >= 11 is 1.44. The van der Waals surface area contributed by atoms with Crippen LogP contribution in [0.15, 0.2) is 52.7 Å². The van der Waals surface area contributed by atoms with E-state index < -0.39 is 0 Å². The van der Waals surface area contributed by atoms with Crippen molar-refractivity contribution in [3.63, 3.8) is 0 Å². The molecule has 1 aromatic heterocycles. The van der Waals surface area contributed by atoms with Crippen LogP contribution in [0.25, 0.3) is 10.2 Å². The fraction of sp³-hybridized carbons (Fsp3) is 0.0667. The molecule has 0 aliphatic heterocycles. The molecule has 0 saturated carbocycles. The molecule has 0 unspecified atom stereocenters. The lowest BCUT2D eigenvalue weighted by atomic mass is 10.2. The van der Waals surface area contributed by atoms with Crippen LogP contribution in [0, 0.1) is 0 Å². The van der Waals surface area contributed by atoms with Gasteiger partial charge in [-0.25, -0.2) is 4.98 Å². The normalized spacial score (nSPS) is 11.1. The highest BCUT2D eigenvalue weighted by Crippen LogP contribution is 2.31. The fourth-order valence-electron chi connectivity index (χ4n) is 1.88. The van der Waals surface area contributed by atoms with Gasteiger partial charge in [0.25, 0.3) is 0 Å². The Hall–Kier alpha value is -2.80. The molecule has 1 heterocycles. The van der Waals surface area contributed by atoms with Crippen LogP contribution in [0.4, 0.5) is 16.5 Å². The first kappa shape index (κ1) is 14.2. The highest BCUT2D eigenvalue weighted by molar-refractivity contribution is 7.21. The minimum absolute atomic E-state index is 0.0193. The second-order valence-electron chi connectivity index (χ2n) is 4.55. The Kier molecular flexibility index (Phi) is 3.80. The lowest BCUT2D eigenvalue weighted by Crippen LogP contribution is -2.05. The van der Waals surface area contributed by atoms with Gasteiger partial charge in [0.1, 0.15) is 5.75 Å². The molecular formula is C15H12N4O2S. The van der Waals surface area contributed by atoms with Gasteiger partial charge >= 0.3 is 0 Å². The monoisotopic (exact) mass is 312 g/mol. The van der Waals surface area contributed by atoms with Crippen LogP contribution in [-0.4, -0.2) is 16.0 Å². The molecule has 7 heteroatoms. The third-order valence-electron chi connectivity index (χ3n) is 2.82. The maximum atomic E-state index is 11.1. The molecule has 2 N–H and O–H groups in total. The number of nitrogens with zero attached hydrogens (tertiary/aromatic N) is 3. The van der Waals surface area contributed by atoms with Crippen LogP contribution in [-0.2, 0) is 4.79 Å². The Balaban J connectivity index is 1.87. The highest BCUT2D eigenvalue weighted by atomic mass is 32.1. The zero-order chi connectivity index (χ0) is 15.5. The number of carbonyl (C=O) groups excluding carboxylic acids is 1. The Morgan fingerprint density at radius 2 is 2.05 bits per heavy atom. The van der Waals surface area contributed by atoms with Gasteiger partial charge < -0.3 is 10.4 Å². The molecule has 0 fully saturated rings. The number of azo groups is 1. The third-order valence-corrected chi connectivity index (χ3v) is 3.75. The third kappa shape index (κ3) is 3.09. The number of thiazole rings is 1. The van der Waals surface area contributed by atoms with E-state index in [2.05, 4.69) is 20.5 Å². The minimum Gasteiger partial charge on any atom is -0.506 e. The quantitative estimate of drug-likeness (QED) is 0.556. The summed E-state index contributed by atoms with van der Waals surface area (Å²) in [6.45, 7) is 1.37. The largest absolute Gasteiger partial charge is 0.506 e. The van der Waals surface area contributed by atoms with Gasteiger partial charge in [-0.3, -0.25) is 4.79 Å². The summed E-state index contributed by atoms with van der Waals surface area (Å²) in [6, 6.07) is 12.4. The molecule has 3 rings (SSSR count). The van der Waals surface area contributed by atoms with Gasteiger partial charge in [-0.1, -0.05) is 23.5 Å². The van der Waals surface area contributed by atoms with Crippen molar-refractivity contribution in [3.8, 4) is 5.75 Å². The van der Waals surface area contributed by atoms with Gasteiger partial charge in [0.15, 0.2) is 0 Å². The van der Waals surface area contributed by atoms with Crippen LogP contribution < -0.4 is 5.32 Å². The van der Waals surface area contributed by atoms with Crippen LogP contribution in [0.5, 0.6) is 5.75 Å². The molecule has 1 amide bonds. The number of benzene rings is 2. The molecule has 0 atom stereocenters. The van der Waals surface area contributed by atoms with Crippen LogP contribution >= 0.6 is 11.3 Å². The first-order valence-corrected chi connectivity index (χ1v) is 7.31. The predicted molar refractivity (Wildman–Crippen MR) is 86.2 cm³/mol. The van der Waals surface area contributed by atoms with Crippen molar-refractivity contribution in [3.05, 3.63) is 42.5 Å². The number of anilines is 1. The van der Waals surface area contributed by atoms with E-state index in [0.29, 0.717) is 16.5 Å². The maximum Gasteiger partial charge on any atom is 0.231 e. The Morgan fingerprint density at radius 1 is 1.23 bits per heavy atom. The summed E-state index contributed by atoms with van der Waals surface area (Å²) in [4.78, 5) is 15.4. The molecule has 110 valence electrons. The number of aromatic hydroxyl groups is 1.